The van der Waals surface area contributed by atoms with Gasteiger partial charge in [-0.05, 0) is 24.3 Å². The smallest absolute Gasteiger partial charge is 0.327 e. The second kappa shape index (κ2) is 5.04. The minimum atomic E-state index is -4.58. The molecule has 2 heterocycles. The van der Waals surface area contributed by atoms with Gasteiger partial charge in [0.15, 0.2) is 0 Å². The number of halogens is 3. The Hall–Kier alpha value is -0.640. The van der Waals surface area contributed by atoms with Crippen LogP contribution < -0.4 is 5.73 Å². The van der Waals surface area contributed by atoms with E-state index in [2.05, 4.69) is 0 Å². The van der Waals surface area contributed by atoms with E-state index in [-0.39, 0.29) is 23.6 Å². The average Bonchev–Trinajstić information content (AvgIpc) is 2.81. The highest BCUT2D eigenvalue weighted by Crippen LogP contribution is 2.35. The molecule has 2 N–H and O–H groups in total. The first kappa shape index (κ1) is 14.8. The molecular weight excluding hydrogens is 301 g/mol. The molecule has 0 radical (unpaired) electrons. The monoisotopic (exact) mass is 314 g/mol. The SMILES string of the molecule is NC1CCC(C(F)(F)F)N(S(=O)(=O)c2cccs2)C1. The lowest BCUT2D eigenvalue weighted by Gasteiger charge is -2.37. The molecule has 4 nitrogen and oxygen atoms in total. The van der Waals surface area contributed by atoms with Crippen LogP contribution in [-0.4, -0.2) is 37.5 Å². The molecule has 2 atom stereocenters. The highest BCUT2D eigenvalue weighted by Gasteiger charge is 2.50. The van der Waals surface area contributed by atoms with Crippen LogP contribution >= 0.6 is 11.3 Å². The topological polar surface area (TPSA) is 63.4 Å². The Bertz CT molecular complexity index is 527. The van der Waals surface area contributed by atoms with E-state index in [1.807, 2.05) is 0 Å². The number of hydrogen-bond donors (Lipinski definition) is 1. The number of thiophene rings is 1. The van der Waals surface area contributed by atoms with Gasteiger partial charge in [0, 0.05) is 12.6 Å². The Morgan fingerprint density at radius 3 is 2.58 bits per heavy atom. The Morgan fingerprint density at radius 2 is 2.05 bits per heavy atom. The molecule has 0 aromatic carbocycles. The molecule has 0 aliphatic carbocycles. The molecule has 0 amide bonds. The summed E-state index contributed by atoms with van der Waals surface area (Å²) in [6, 6.07) is 0.241. The maximum absolute atomic E-state index is 12.9. The van der Waals surface area contributed by atoms with E-state index in [1.165, 1.54) is 17.5 Å². The predicted octanol–water partition coefficient (Wildman–Crippen LogP) is 1.79. The standard InChI is InChI=1S/C10H13F3N2O2S2/c11-10(12,13)8-4-3-7(14)6-15(8)19(16,17)9-2-1-5-18-9/h1-2,5,7-8H,3-4,6,14H2. The van der Waals surface area contributed by atoms with Crippen molar-refractivity contribution in [1.82, 2.24) is 4.31 Å². The third-order valence-electron chi connectivity index (χ3n) is 3.01. The predicted molar refractivity (Wildman–Crippen MR) is 65.3 cm³/mol. The summed E-state index contributed by atoms with van der Waals surface area (Å²) >= 11 is 0.900. The minimum Gasteiger partial charge on any atom is -0.327 e. The van der Waals surface area contributed by atoms with Crippen molar-refractivity contribution in [2.24, 2.45) is 5.73 Å². The van der Waals surface area contributed by atoms with Crippen molar-refractivity contribution in [3.8, 4) is 0 Å². The molecule has 2 unspecified atom stereocenters. The van der Waals surface area contributed by atoms with Crippen molar-refractivity contribution < 1.29 is 21.6 Å². The van der Waals surface area contributed by atoms with Crippen molar-refractivity contribution in [3.63, 3.8) is 0 Å². The average molecular weight is 314 g/mol. The number of rotatable bonds is 2. The van der Waals surface area contributed by atoms with E-state index in [1.54, 1.807) is 0 Å². The number of nitrogens with zero attached hydrogens (tertiary/aromatic N) is 1. The van der Waals surface area contributed by atoms with E-state index >= 15 is 0 Å². The molecule has 1 aliphatic rings. The Kier molecular flexibility index (Phi) is 3.92. The van der Waals surface area contributed by atoms with E-state index in [0.29, 0.717) is 4.31 Å². The third kappa shape index (κ3) is 2.93. The molecule has 19 heavy (non-hydrogen) atoms. The van der Waals surface area contributed by atoms with E-state index in [4.69, 9.17) is 5.73 Å². The van der Waals surface area contributed by atoms with Crippen LogP contribution in [0.3, 0.4) is 0 Å². The lowest BCUT2D eigenvalue weighted by molar-refractivity contribution is -0.178. The fourth-order valence-electron chi connectivity index (χ4n) is 2.08. The Morgan fingerprint density at radius 1 is 1.37 bits per heavy atom. The first-order valence-electron chi connectivity index (χ1n) is 5.60. The van der Waals surface area contributed by atoms with E-state index in [0.717, 1.165) is 11.3 Å². The number of nitrogens with two attached hydrogens (primary N) is 1. The van der Waals surface area contributed by atoms with Gasteiger partial charge in [-0.25, -0.2) is 8.42 Å². The molecule has 0 saturated carbocycles. The maximum atomic E-state index is 12.9. The van der Waals surface area contributed by atoms with Crippen LogP contribution in [0.15, 0.2) is 21.7 Å². The minimum absolute atomic E-state index is 0.0872. The summed E-state index contributed by atoms with van der Waals surface area (Å²) < 4.78 is 63.7. The Balaban J connectivity index is 2.38. The highest BCUT2D eigenvalue weighted by atomic mass is 32.2. The Labute approximate surface area is 113 Å². The second-order valence-corrected chi connectivity index (χ2v) is 7.47. The number of hydrogen-bond acceptors (Lipinski definition) is 4. The van der Waals surface area contributed by atoms with Crippen molar-refractivity contribution in [2.75, 3.05) is 6.54 Å². The van der Waals surface area contributed by atoms with E-state index < -0.39 is 28.3 Å². The van der Waals surface area contributed by atoms with Crippen molar-refractivity contribution in [1.29, 1.82) is 0 Å². The molecule has 9 heteroatoms. The lowest BCUT2D eigenvalue weighted by atomic mass is 10.0. The van der Waals surface area contributed by atoms with Crippen LogP contribution in [0, 0.1) is 0 Å². The molecule has 108 valence electrons. The summed E-state index contributed by atoms with van der Waals surface area (Å²) in [6.07, 6.45) is -4.71. The third-order valence-corrected chi connectivity index (χ3v) is 6.26. The summed E-state index contributed by atoms with van der Waals surface area (Å²) in [5, 5.41) is 1.51. The zero-order valence-corrected chi connectivity index (χ0v) is 11.4. The maximum Gasteiger partial charge on any atom is 0.405 e. The van der Waals surface area contributed by atoms with Gasteiger partial charge < -0.3 is 5.73 Å². The zero-order valence-electron chi connectivity index (χ0n) is 9.80. The summed E-state index contributed by atoms with van der Waals surface area (Å²) in [4.78, 5) is 0. The van der Waals surface area contributed by atoms with Gasteiger partial charge in [0.2, 0.25) is 0 Å². The van der Waals surface area contributed by atoms with Gasteiger partial charge >= 0.3 is 6.18 Å². The van der Waals surface area contributed by atoms with Crippen molar-refractivity contribution in [3.05, 3.63) is 17.5 Å². The van der Waals surface area contributed by atoms with Gasteiger partial charge in [-0.3, -0.25) is 0 Å². The van der Waals surface area contributed by atoms with Crippen LogP contribution in [-0.2, 0) is 10.0 Å². The normalized spacial score (nSPS) is 26.5. The first-order valence-corrected chi connectivity index (χ1v) is 7.92. The lowest BCUT2D eigenvalue weighted by Crippen LogP contribution is -2.56. The van der Waals surface area contributed by atoms with Crippen molar-refractivity contribution in [2.45, 2.75) is 35.3 Å². The highest BCUT2D eigenvalue weighted by molar-refractivity contribution is 7.91. The number of piperidine rings is 1. The molecule has 1 aromatic heterocycles. The molecule has 1 aromatic rings. The van der Waals surface area contributed by atoms with Gasteiger partial charge in [-0.1, -0.05) is 6.07 Å². The van der Waals surface area contributed by atoms with Gasteiger partial charge in [0.05, 0.1) is 0 Å². The van der Waals surface area contributed by atoms with Crippen LogP contribution in [0.25, 0.3) is 0 Å². The first-order chi connectivity index (χ1) is 8.73. The van der Waals surface area contributed by atoms with Gasteiger partial charge in [0.25, 0.3) is 10.0 Å². The number of sulfonamides is 1. The van der Waals surface area contributed by atoms with Gasteiger partial charge in [0.1, 0.15) is 10.3 Å². The van der Waals surface area contributed by atoms with E-state index in [9.17, 15) is 21.6 Å². The molecule has 1 aliphatic heterocycles. The van der Waals surface area contributed by atoms with Crippen LogP contribution in [0.2, 0.25) is 0 Å². The van der Waals surface area contributed by atoms with Crippen LogP contribution in [0.5, 0.6) is 0 Å². The summed E-state index contributed by atoms with van der Waals surface area (Å²) in [6.45, 7) is -0.301. The molecule has 0 spiro atoms. The number of alkyl halides is 3. The van der Waals surface area contributed by atoms with Gasteiger partial charge in [-0.15, -0.1) is 11.3 Å². The molecule has 1 fully saturated rings. The summed E-state index contributed by atoms with van der Waals surface area (Å²) in [7, 11) is -4.13. The summed E-state index contributed by atoms with van der Waals surface area (Å²) in [5.41, 5.74) is 5.61. The van der Waals surface area contributed by atoms with Crippen LogP contribution in [0.1, 0.15) is 12.8 Å². The fourth-order valence-corrected chi connectivity index (χ4v) is 4.90. The zero-order chi connectivity index (χ0) is 14.3. The van der Waals surface area contributed by atoms with Crippen molar-refractivity contribution >= 4 is 21.4 Å². The molecule has 0 bridgehead atoms. The molecule has 1 saturated heterocycles. The fraction of sp³-hybridized carbons (Fsp3) is 0.600. The molecule has 2 rings (SSSR count). The van der Waals surface area contributed by atoms with Gasteiger partial charge in [-0.2, -0.15) is 17.5 Å². The quantitative estimate of drug-likeness (QED) is 0.905. The second-order valence-electron chi connectivity index (χ2n) is 4.40. The van der Waals surface area contributed by atoms with Crippen LogP contribution in [0.4, 0.5) is 13.2 Å². The molecular formula is C10H13F3N2O2S2. The largest absolute Gasteiger partial charge is 0.405 e. The summed E-state index contributed by atoms with van der Waals surface area (Å²) in [5.74, 6) is 0.